The van der Waals surface area contributed by atoms with Crippen molar-refractivity contribution in [2.24, 2.45) is 5.41 Å². The zero-order valence-electron chi connectivity index (χ0n) is 11.6. The lowest BCUT2D eigenvalue weighted by Crippen LogP contribution is -2.19. The molecule has 1 aliphatic heterocycles. The van der Waals surface area contributed by atoms with Gasteiger partial charge >= 0.3 is 5.97 Å². The molecule has 0 amide bonds. The van der Waals surface area contributed by atoms with Crippen LogP contribution in [-0.2, 0) is 21.1 Å². The number of benzene rings is 1. The number of hydrogen-bond donors (Lipinski definition) is 1. The Labute approximate surface area is 120 Å². The maximum atomic E-state index is 12.1. The molecule has 108 valence electrons. The molecule has 0 radical (unpaired) electrons. The van der Waals surface area contributed by atoms with Crippen molar-refractivity contribution in [2.75, 3.05) is 7.11 Å². The van der Waals surface area contributed by atoms with Crippen molar-refractivity contribution >= 4 is 22.5 Å². The second-order valence-electron chi connectivity index (χ2n) is 5.73. The first-order valence-corrected chi connectivity index (χ1v) is 8.45. The summed E-state index contributed by atoms with van der Waals surface area (Å²) in [6, 6.07) is 3.77. The molecule has 3 rings (SSSR count). The highest BCUT2D eigenvalue weighted by Crippen LogP contribution is 2.48. The molecule has 20 heavy (non-hydrogen) atoms. The number of esters is 1. The minimum absolute atomic E-state index is 0.189. The van der Waals surface area contributed by atoms with Gasteiger partial charge in [0, 0.05) is 11.5 Å². The molecule has 1 aromatic rings. The monoisotopic (exact) mass is 294 g/mol. The molecule has 1 saturated carbocycles. The first kappa shape index (κ1) is 13.5. The third kappa shape index (κ3) is 2.30. The Hall–Kier alpha value is -1.49. The Morgan fingerprint density at radius 3 is 2.35 bits per heavy atom. The second kappa shape index (κ2) is 4.81. The van der Waals surface area contributed by atoms with Gasteiger partial charge in [-0.3, -0.25) is 9.59 Å². The summed E-state index contributed by atoms with van der Waals surface area (Å²) in [5, 5.41) is 0. The number of carbonyl (C=O) groups excluding carboxylic acids is 2. The minimum Gasteiger partial charge on any atom is -0.493 e. The highest BCUT2D eigenvalue weighted by molar-refractivity contribution is 8.27. The van der Waals surface area contributed by atoms with Crippen LogP contribution in [0.3, 0.4) is 0 Å². The third-order valence-corrected chi connectivity index (χ3v) is 5.87. The summed E-state index contributed by atoms with van der Waals surface area (Å²) in [5.41, 5.74) is 2.98. The van der Waals surface area contributed by atoms with Crippen LogP contribution in [-0.4, -0.2) is 18.7 Å². The van der Waals surface area contributed by atoms with Crippen LogP contribution in [0.2, 0.25) is 0 Å². The van der Waals surface area contributed by atoms with Crippen LogP contribution in [0.25, 0.3) is 0 Å². The van der Waals surface area contributed by atoms with E-state index in [1.165, 1.54) is 0 Å². The topological polar surface area (TPSA) is 52.6 Å². The highest BCUT2D eigenvalue weighted by atomic mass is 32.2. The van der Waals surface area contributed by atoms with Crippen LogP contribution in [0, 0.1) is 5.41 Å². The van der Waals surface area contributed by atoms with Crippen molar-refractivity contribution in [3.63, 3.8) is 0 Å². The van der Waals surface area contributed by atoms with E-state index in [1.54, 1.807) is 7.11 Å². The van der Waals surface area contributed by atoms with Gasteiger partial charge in [0.15, 0.2) is 17.1 Å². The van der Waals surface area contributed by atoms with E-state index in [4.69, 9.17) is 9.47 Å². The van der Waals surface area contributed by atoms with E-state index < -0.39 is 10.9 Å². The molecule has 5 heteroatoms. The largest absolute Gasteiger partial charge is 0.493 e. The molecule has 0 N–H and O–H groups in total. The maximum absolute atomic E-state index is 12.1. The molecule has 0 saturated heterocycles. The normalized spacial score (nSPS) is 23.8. The first-order chi connectivity index (χ1) is 9.55. The van der Waals surface area contributed by atoms with E-state index in [9.17, 15) is 9.59 Å². The fourth-order valence-electron chi connectivity index (χ4n) is 2.36. The second-order valence-corrected chi connectivity index (χ2v) is 7.75. The Bertz CT molecular complexity index is 577. The van der Waals surface area contributed by atoms with E-state index in [0.717, 1.165) is 41.1 Å². The molecule has 1 fully saturated rings. The molecule has 4 nitrogen and oxygen atoms in total. The Morgan fingerprint density at radius 2 is 1.85 bits per heavy atom. The van der Waals surface area contributed by atoms with Gasteiger partial charge < -0.3 is 9.47 Å². The molecular weight excluding hydrogens is 276 g/mol. The van der Waals surface area contributed by atoms with Crippen LogP contribution < -0.4 is 9.47 Å². The summed E-state index contributed by atoms with van der Waals surface area (Å²) >= 11 is 0. The SMILES string of the molecule is COc1cc2c(cc1OC(=O)C1(C)CC1)C[SH](C=O)C2. The number of hydrogen-bond acceptors (Lipinski definition) is 4. The molecular formula is C15H18O4S. The van der Waals surface area contributed by atoms with Gasteiger partial charge in [-0.2, -0.15) is 10.9 Å². The highest BCUT2D eigenvalue weighted by Gasteiger charge is 2.47. The van der Waals surface area contributed by atoms with Gasteiger partial charge in [0.05, 0.1) is 12.5 Å². The predicted octanol–water partition coefficient (Wildman–Crippen LogP) is 2.61. The van der Waals surface area contributed by atoms with Crippen LogP contribution >= 0.6 is 10.9 Å². The third-order valence-electron chi connectivity index (χ3n) is 4.08. The summed E-state index contributed by atoms with van der Waals surface area (Å²) in [7, 11) is 0.958. The van der Waals surface area contributed by atoms with Crippen LogP contribution in [0.1, 0.15) is 30.9 Å². The van der Waals surface area contributed by atoms with Crippen molar-refractivity contribution in [1.82, 2.24) is 0 Å². The van der Waals surface area contributed by atoms with E-state index in [1.807, 2.05) is 19.1 Å². The summed E-state index contributed by atoms with van der Waals surface area (Å²) in [5.74, 6) is 2.44. The van der Waals surface area contributed by atoms with Gasteiger partial charge in [0.1, 0.15) is 0 Å². The number of fused-ring (bicyclic) bond motifs is 1. The van der Waals surface area contributed by atoms with Gasteiger partial charge in [-0.1, -0.05) is 0 Å². The summed E-state index contributed by atoms with van der Waals surface area (Å²) in [6.45, 7) is 1.92. The van der Waals surface area contributed by atoms with Crippen molar-refractivity contribution in [3.8, 4) is 11.5 Å². The summed E-state index contributed by atoms with van der Waals surface area (Å²) in [6.07, 6.45) is 1.77. The van der Waals surface area contributed by atoms with Gasteiger partial charge in [0.2, 0.25) is 0 Å². The molecule has 1 unspecified atom stereocenters. The first-order valence-electron chi connectivity index (χ1n) is 6.67. The molecule has 1 atom stereocenters. The lowest BCUT2D eigenvalue weighted by molar-refractivity contribution is -0.139. The molecule has 1 heterocycles. The quantitative estimate of drug-likeness (QED) is 0.401. The zero-order chi connectivity index (χ0) is 14.3. The summed E-state index contributed by atoms with van der Waals surface area (Å²) in [4.78, 5) is 23.0. The molecule has 0 spiro atoms. The van der Waals surface area contributed by atoms with Gasteiger partial charge in [-0.05, 0) is 43.0 Å². The van der Waals surface area contributed by atoms with Gasteiger partial charge in [-0.15, -0.1) is 0 Å². The number of methoxy groups -OCH3 is 1. The fourth-order valence-corrected chi connectivity index (χ4v) is 4.09. The van der Waals surface area contributed by atoms with Crippen molar-refractivity contribution in [1.29, 1.82) is 0 Å². The molecule has 0 aromatic heterocycles. The predicted molar refractivity (Wildman–Crippen MR) is 79.1 cm³/mol. The van der Waals surface area contributed by atoms with Crippen molar-refractivity contribution < 1.29 is 19.1 Å². The van der Waals surface area contributed by atoms with Crippen LogP contribution in [0.5, 0.6) is 11.5 Å². The van der Waals surface area contributed by atoms with Gasteiger partial charge in [-0.25, -0.2) is 0 Å². The van der Waals surface area contributed by atoms with E-state index in [2.05, 4.69) is 0 Å². The number of rotatable bonds is 4. The summed E-state index contributed by atoms with van der Waals surface area (Å²) < 4.78 is 10.8. The lowest BCUT2D eigenvalue weighted by atomic mass is 10.1. The fraction of sp³-hybridized carbons (Fsp3) is 0.467. The maximum Gasteiger partial charge on any atom is 0.317 e. The van der Waals surface area contributed by atoms with E-state index in [-0.39, 0.29) is 11.4 Å². The molecule has 1 aliphatic carbocycles. The van der Waals surface area contributed by atoms with Crippen molar-refractivity contribution in [3.05, 3.63) is 23.3 Å². The van der Waals surface area contributed by atoms with E-state index in [0.29, 0.717) is 11.5 Å². The Balaban J connectivity index is 1.87. The molecule has 0 bridgehead atoms. The van der Waals surface area contributed by atoms with Crippen LogP contribution in [0.15, 0.2) is 12.1 Å². The van der Waals surface area contributed by atoms with Gasteiger partial charge in [0.25, 0.3) is 0 Å². The van der Waals surface area contributed by atoms with E-state index >= 15 is 0 Å². The average Bonchev–Trinajstić information content (AvgIpc) is 3.06. The number of thiol groups is 1. The average molecular weight is 294 g/mol. The standard InChI is InChI=1S/C15H18O4S/c1-15(3-4-15)14(17)19-13-6-11-8-20(9-16)7-10(11)5-12(13)18-2/h5-6,9,20H,3-4,7-8H2,1-2H3. The lowest BCUT2D eigenvalue weighted by Gasteiger charge is -2.13. The smallest absolute Gasteiger partial charge is 0.317 e. The van der Waals surface area contributed by atoms with Crippen molar-refractivity contribution in [2.45, 2.75) is 31.3 Å². The zero-order valence-corrected chi connectivity index (χ0v) is 12.5. The Morgan fingerprint density at radius 1 is 1.25 bits per heavy atom. The Kier molecular flexibility index (Phi) is 3.24. The number of ether oxygens (including phenoxy) is 2. The minimum atomic E-state index is -0.607. The van der Waals surface area contributed by atoms with Crippen LogP contribution in [0.4, 0.5) is 0 Å². The molecule has 2 aliphatic rings. The molecule has 1 aromatic carbocycles. The number of carbonyl (C=O) groups is 2.